The van der Waals surface area contributed by atoms with E-state index < -0.39 is 10.8 Å². The van der Waals surface area contributed by atoms with Crippen molar-refractivity contribution in [2.24, 2.45) is 0 Å². The van der Waals surface area contributed by atoms with Crippen LogP contribution in [-0.2, 0) is 28.6 Å². The lowest BCUT2D eigenvalue weighted by Gasteiger charge is -2.17. The monoisotopic (exact) mass is 425 g/mol. The Morgan fingerprint density at radius 3 is 2.93 bits per heavy atom. The molecule has 0 aliphatic carbocycles. The van der Waals surface area contributed by atoms with Gasteiger partial charge in [0.25, 0.3) is 0 Å². The van der Waals surface area contributed by atoms with E-state index in [9.17, 15) is 14.1 Å². The van der Waals surface area contributed by atoms with Crippen LogP contribution in [0.4, 0.5) is 5.69 Å². The van der Waals surface area contributed by atoms with Gasteiger partial charge in [-0.1, -0.05) is 18.2 Å². The molecule has 0 radical (unpaired) electrons. The van der Waals surface area contributed by atoms with E-state index in [1.165, 1.54) is 0 Å². The highest BCUT2D eigenvalue weighted by atomic mass is 32.2. The number of hydrogen-bond acceptors (Lipinski definition) is 5. The molecule has 0 spiro atoms. The fraction of sp³-hybridized carbons (Fsp3) is 0.273. The van der Waals surface area contributed by atoms with Gasteiger partial charge in [-0.05, 0) is 42.7 Å². The summed E-state index contributed by atoms with van der Waals surface area (Å²) in [5.74, 6) is 1.20. The summed E-state index contributed by atoms with van der Waals surface area (Å²) < 4.78 is 20.4. The van der Waals surface area contributed by atoms with Gasteiger partial charge in [0, 0.05) is 35.8 Å². The maximum Gasteiger partial charge on any atom is 0.224 e. The van der Waals surface area contributed by atoms with Gasteiger partial charge < -0.3 is 15.2 Å². The van der Waals surface area contributed by atoms with Gasteiger partial charge in [-0.15, -0.1) is 0 Å². The Hall–Kier alpha value is -2.97. The van der Waals surface area contributed by atoms with Gasteiger partial charge in [-0.3, -0.25) is 13.6 Å². The van der Waals surface area contributed by atoms with Gasteiger partial charge in [-0.2, -0.15) is 0 Å². The number of aryl methyl sites for hydroxylation is 1. The minimum absolute atomic E-state index is 0.0404. The zero-order valence-electron chi connectivity index (χ0n) is 16.4. The van der Waals surface area contributed by atoms with Gasteiger partial charge in [0.05, 0.1) is 29.7 Å². The molecule has 1 aliphatic rings. The lowest BCUT2D eigenvalue weighted by Crippen LogP contribution is -2.18. The summed E-state index contributed by atoms with van der Waals surface area (Å²) in [5, 5.41) is 12.9. The number of imidazole rings is 1. The first kappa shape index (κ1) is 20.3. The first-order valence-corrected chi connectivity index (χ1v) is 11.1. The van der Waals surface area contributed by atoms with Crippen LogP contribution < -0.4 is 10.1 Å². The van der Waals surface area contributed by atoms with Crippen molar-refractivity contribution < 1.29 is 18.8 Å². The van der Waals surface area contributed by atoms with Crippen molar-refractivity contribution >= 4 is 22.4 Å². The van der Waals surface area contributed by atoms with Gasteiger partial charge in [0.1, 0.15) is 5.75 Å². The normalized spacial score (nSPS) is 14.1. The average Bonchev–Trinajstić information content (AvgIpc) is 3.26. The number of rotatable bonds is 8. The molecule has 0 bridgehead atoms. The standard InChI is InChI=1S/C22H23N3O4S/c26-15-17-4-1-2-5-20(17)25-11-10-23-22(25)30(28)13-3-12-29-18-7-8-19-16(14-18)6-9-21(27)24-19/h1-2,4-5,7-8,10-11,14,26H,3,6,9,12-13,15H2,(H,24,27)/t30-/m0/s1. The molecule has 3 aromatic rings. The molecule has 30 heavy (non-hydrogen) atoms. The number of benzene rings is 2. The molecular weight excluding hydrogens is 402 g/mol. The number of carbonyl (C=O) groups excluding carboxylic acids is 1. The van der Waals surface area contributed by atoms with E-state index in [0.29, 0.717) is 36.8 Å². The zero-order chi connectivity index (χ0) is 20.9. The number of fused-ring (bicyclic) bond motifs is 1. The molecule has 4 rings (SSSR count). The Morgan fingerprint density at radius 2 is 2.07 bits per heavy atom. The number of nitrogens with zero attached hydrogens (tertiary/aromatic N) is 2. The highest BCUT2D eigenvalue weighted by Gasteiger charge is 2.16. The van der Waals surface area contributed by atoms with E-state index in [1.54, 1.807) is 17.0 Å². The Labute approximate surface area is 177 Å². The molecular formula is C22H23N3O4S. The second kappa shape index (κ2) is 9.23. The molecule has 156 valence electrons. The molecule has 2 aromatic carbocycles. The lowest BCUT2D eigenvalue weighted by molar-refractivity contribution is -0.116. The Morgan fingerprint density at radius 1 is 1.20 bits per heavy atom. The van der Waals surface area contributed by atoms with Crippen molar-refractivity contribution in [3.8, 4) is 11.4 Å². The number of carbonyl (C=O) groups is 1. The van der Waals surface area contributed by atoms with Crippen LogP contribution in [0.3, 0.4) is 0 Å². The third-order valence-corrected chi connectivity index (χ3v) is 6.32. The summed E-state index contributed by atoms with van der Waals surface area (Å²) in [7, 11) is -1.30. The highest BCUT2D eigenvalue weighted by molar-refractivity contribution is 7.84. The van der Waals surface area contributed by atoms with Crippen LogP contribution in [0.15, 0.2) is 60.0 Å². The van der Waals surface area contributed by atoms with Gasteiger partial charge in [0.2, 0.25) is 11.1 Å². The molecule has 0 saturated carbocycles. The summed E-state index contributed by atoms with van der Waals surface area (Å²) in [5.41, 5.74) is 3.44. The highest BCUT2D eigenvalue weighted by Crippen LogP contribution is 2.27. The number of aliphatic hydroxyl groups excluding tert-OH is 1. The molecule has 2 heterocycles. The van der Waals surface area contributed by atoms with Gasteiger partial charge in [-0.25, -0.2) is 4.98 Å². The summed E-state index contributed by atoms with van der Waals surface area (Å²) >= 11 is 0. The van der Waals surface area contributed by atoms with Crippen LogP contribution in [0.25, 0.3) is 5.69 Å². The van der Waals surface area contributed by atoms with E-state index in [2.05, 4.69) is 10.3 Å². The lowest BCUT2D eigenvalue weighted by atomic mass is 10.0. The molecule has 1 amide bonds. The molecule has 0 fully saturated rings. The van der Waals surface area contributed by atoms with Crippen LogP contribution in [0.2, 0.25) is 0 Å². The SMILES string of the molecule is O=C1CCc2cc(OCCC[S@](=O)c3nccn3-c3ccccc3CO)ccc2N1. The third-order valence-electron chi connectivity index (χ3n) is 4.95. The first-order chi connectivity index (χ1) is 14.7. The molecule has 1 aromatic heterocycles. The maximum atomic E-state index is 12.8. The van der Waals surface area contributed by atoms with E-state index in [1.807, 2.05) is 42.5 Å². The minimum atomic E-state index is -1.30. The van der Waals surface area contributed by atoms with Crippen molar-refractivity contribution in [3.05, 3.63) is 66.0 Å². The number of nitrogens with one attached hydrogen (secondary N) is 1. The van der Waals surface area contributed by atoms with E-state index >= 15 is 0 Å². The topological polar surface area (TPSA) is 93.5 Å². The quantitative estimate of drug-likeness (QED) is 0.542. The molecule has 0 unspecified atom stereocenters. The third kappa shape index (κ3) is 4.44. The largest absolute Gasteiger partial charge is 0.494 e. The maximum absolute atomic E-state index is 12.8. The summed E-state index contributed by atoms with van der Waals surface area (Å²) in [6.07, 6.45) is 5.17. The smallest absolute Gasteiger partial charge is 0.224 e. The Bertz CT molecular complexity index is 1080. The number of amides is 1. The van der Waals surface area contributed by atoms with Crippen molar-refractivity contribution in [2.45, 2.75) is 31.0 Å². The fourth-order valence-electron chi connectivity index (χ4n) is 3.44. The molecule has 1 atom stereocenters. The molecule has 1 aliphatic heterocycles. The second-order valence-corrected chi connectivity index (χ2v) is 8.45. The number of ether oxygens (including phenoxy) is 1. The molecule has 0 saturated heterocycles. The summed E-state index contributed by atoms with van der Waals surface area (Å²) in [6, 6.07) is 13.1. The average molecular weight is 426 g/mol. The molecule has 8 heteroatoms. The first-order valence-electron chi connectivity index (χ1n) is 9.82. The zero-order valence-corrected chi connectivity index (χ0v) is 17.2. The van der Waals surface area contributed by atoms with Crippen LogP contribution >= 0.6 is 0 Å². The van der Waals surface area contributed by atoms with Crippen LogP contribution in [-0.4, -0.2) is 37.1 Å². The van der Waals surface area contributed by atoms with E-state index in [-0.39, 0.29) is 12.5 Å². The van der Waals surface area contributed by atoms with E-state index in [0.717, 1.165) is 28.3 Å². The summed E-state index contributed by atoms with van der Waals surface area (Å²) in [6.45, 7) is 0.337. The number of aliphatic hydroxyl groups is 1. The molecule has 7 nitrogen and oxygen atoms in total. The number of aromatic nitrogens is 2. The van der Waals surface area contributed by atoms with Crippen LogP contribution in [0.5, 0.6) is 5.75 Å². The van der Waals surface area contributed by atoms with Gasteiger partial charge >= 0.3 is 0 Å². The minimum Gasteiger partial charge on any atom is -0.494 e. The number of para-hydroxylation sites is 1. The van der Waals surface area contributed by atoms with Crippen molar-refractivity contribution in [1.82, 2.24) is 9.55 Å². The van der Waals surface area contributed by atoms with Gasteiger partial charge in [0.15, 0.2) is 0 Å². The van der Waals surface area contributed by atoms with Crippen molar-refractivity contribution in [3.63, 3.8) is 0 Å². The predicted molar refractivity (Wildman–Crippen MR) is 114 cm³/mol. The van der Waals surface area contributed by atoms with Crippen LogP contribution in [0.1, 0.15) is 24.0 Å². The second-order valence-electron chi connectivity index (χ2n) is 6.99. The van der Waals surface area contributed by atoms with Crippen LogP contribution in [0, 0.1) is 0 Å². The predicted octanol–water partition coefficient (Wildman–Crippen LogP) is 2.83. The Balaban J connectivity index is 1.34. The molecule has 2 N–H and O–H groups in total. The van der Waals surface area contributed by atoms with Crippen molar-refractivity contribution in [1.29, 1.82) is 0 Å². The number of anilines is 1. The number of hydrogen-bond donors (Lipinski definition) is 2. The fourth-order valence-corrected chi connectivity index (χ4v) is 4.56. The van der Waals surface area contributed by atoms with E-state index in [4.69, 9.17) is 4.74 Å². The Kier molecular flexibility index (Phi) is 6.25. The van der Waals surface area contributed by atoms with Crippen molar-refractivity contribution in [2.75, 3.05) is 17.7 Å². The summed E-state index contributed by atoms with van der Waals surface area (Å²) in [4.78, 5) is 15.7.